The first-order chi connectivity index (χ1) is 9.33. The number of nitrogens with one attached hydrogen (secondary N) is 1. The van der Waals surface area contributed by atoms with E-state index in [0.717, 1.165) is 33.9 Å². The summed E-state index contributed by atoms with van der Waals surface area (Å²) in [4.78, 5) is 7.87. The van der Waals surface area contributed by atoms with E-state index >= 15 is 0 Å². The third-order valence-corrected chi connectivity index (χ3v) is 3.05. The van der Waals surface area contributed by atoms with Gasteiger partial charge in [0.25, 0.3) is 0 Å². The number of H-pyrrole nitrogens is 1. The van der Waals surface area contributed by atoms with Gasteiger partial charge in [-0.25, -0.2) is 4.98 Å². The highest BCUT2D eigenvalue weighted by atomic mass is 16.5. The van der Waals surface area contributed by atoms with Crippen LogP contribution in [0.4, 0.5) is 0 Å². The van der Waals surface area contributed by atoms with Crippen LogP contribution < -0.4 is 9.47 Å². The zero-order valence-electron chi connectivity index (χ0n) is 10.8. The highest BCUT2D eigenvalue weighted by Crippen LogP contribution is 2.37. The summed E-state index contributed by atoms with van der Waals surface area (Å²) in [6, 6.07) is 13.6. The van der Waals surface area contributed by atoms with Gasteiger partial charge in [0.15, 0.2) is 0 Å². The van der Waals surface area contributed by atoms with E-state index in [-0.39, 0.29) is 0 Å². The van der Waals surface area contributed by atoms with E-state index in [4.69, 9.17) is 9.47 Å². The maximum absolute atomic E-state index is 5.40. The van der Waals surface area contributed by atoms with Crippen molar-refractivity contribution in [1.82, 2.24) is 9.97 Å². The summed E-state index contributed by atoms with van der Waals surface area (Å²) in [7, 11) is 3.28. The first kappa shape index (κ1) is 11.6. The van der Waals surface area contributed by atoms with E-state index in [1.165, 1.54) is 0 Å². The van der Waals surface area contributed by atoms with Crippen LogP contribution in [0.2, 0.25) is 0 Å². The second kappa shape index (κ2) is 4.65. The Morgan fingerprint density at radius 3 is 2.21 bits per heavy atom. The van der Waals surface area contributed by atoms with Gasteiger partial charge in [-0.2, -0.15) is 0 Å². The van der Waals surface area contributed by atoms with E-state index < -0.39 is 0 Å². The predicted octanol–water partition coefficient (Wildman–Crippen LogP) is 3.25. The van der Waals surface area contributed by atoms with Gasteiger partial charge in [0, 0.05) is 0 Å². The number of benzene rings is 2. The van der Waals surface area contributed by atoms with Gasteiger partial charge in [-0.3, -0.25) is 0 Å². The van der Waals surface area contributed by atoms with Gasteiger partial charge < -0.3 is 14.5 Å². The summed E-state index contributed by atoms with van der Waals surface area (Å²) in [5.74, 6) is 2.22. The number of hydrogen-bond acceptors (Lipinski definition) is 3. The third-order valence-electron chi connectivity index (χ3n) is 3.05. The van der Waals surface area contributed by atoms with Crippen molar-refractivity contribution >= 4 is 11.0 Å². The summed E-state index contributed by atoms with van der Waals surface area (Å²) < 4.78 is 10.8. The Labute approximate surface area is 111 Å². The third kappa shape index (κ3) is 1.91. The van der Waals surface area contributed by atoms with Gasteiger partial charge >= 0.3 is 0 Å². The summed E-state index contributed by atoms with van der Waals surface area (Å²) >= 11 is 0. The molecule has 0 unspecified atom stereocenters. The Kier molecular flexibility index (Phi) is 2.83. The maximum atomic E-state index is 5.40. The van der Waals surface area contributed by atoms with Crippen molar-refractivity contribution in [3.63, 3.8) is 0 Å². The molecule has 4 heteroatoms. The van der Waals surface area contributed by atoms with Gasteiger partial charge in [0.1, 0.15) is 22.9 Å². The van der Waals surface area contributed by atoms with Gasteiger partial charge in [-0.15, -0.1) is 0 Å². The summed E-state index contributed by atoms with van der Waals surface area (Å²) in [6.07, 6.45) is 0. The van der Waals surface area contributed by atoms with E-state index in [2.05, 4.69) is 9.97 Å². The second-order valence-corrected chi connectivity index (χ2v) is 4.14. The second-order valence-electron chi connectivity index (χ2n) is 4.14. The fourth-order valence-corrected chi connectivity index (χ4v) is 2.16. The van der Waals surface area contributed by atoms with Crippen LogP contribution in [-0.2, 0) is 0 Å². The molecule has 0 bridgehead atoms. The normalized spacial score (nSPS) is 10.6. The average molecular weight is 254 g/mol. The molecule has 3 aromatic rings. The monoisotopic (exact) mass is 254 g/mol. The fraction of sp³-hybridized carbons (Fsp3) is 0.133. The molecule has 3 rings (SSSR count). The molecule has 2 aromatic carbocycles. The molecule has 1 aromatic heterocycles. The number of fused-ring (bicyclic) bond motifs is 1. The summed E-state index contributed by atoms with van der Waals surface area (Å²) in [5.41, 5.74) is 2.75. The molecule has 0 aliphatic carbocycles. The Bertz CT molecular complexity index is 664. The zero-order valence-corrected chi connectivity index (χ0v) is 10.8. The van der Waals surface area contributed by atoms with Crippen LogP contribution in [0, 0.1) is 0 Å². The van der Waals surface area contributed by atoms with Crippen LogP contribution in [0.3, 0.4) is 0 Å². The van der Waals surface area contributed by atoms with Gasteiger partial charge in [-0.1, -0.05) is 18.2 Å². The number of ether oxygens (including phenoxy) is 2. The van der Waals surface area contributed by atoms with Crippen molar-refractivity contribution in [3.8, 4) is 22.9 Å². The highest BCUT2D eigenvalue weighted by molar-refractivity contribution is 5.82. The van der Waals surface area contributed by atoms with Crippen molar-refractivity contribution in [2.75, 3.05) is 14.2 Å². The molecule has 96 valence electrons. The first-order valence-electron chi connectivity index (χ1n) is 5.99. The number of rotatable bonds is 3. The molecule has 0 spiro atoms. The first-order valence-corrected chi connectivity index (χ1v) is 5.99. The molecule has 0 amide bonds. The van der Waals surface area contributed by atoms with Gasteiger partial charge in [0.2, 0.25) is 0 Å². The summed E-state index contributed by atoms with van der Waals surface area (Å²) in [5, 5.41) is 0. The predicted molar refractivity (Wildman–Crippen MR) is 74.6 cm³/mol. The lowest BCUT2D eigenvalue weighted by Crippen LogP contribution is -1.93. The topological polar surface area (TPSA) is 47.1 Å². The molecule has 1 heterocycles. The van der Waals surface area contributed by atoms with E-state index in [1.807, 2.05) is 42.5 Å². The lowest BCUT2D eigenvalue weighted by Gasteiger charge is -2.10. The van der Waals surface area contributed by atoms with Crippen LogP contribution in [0.15, 0.2) is 42.5 Å². The molecule has 19 heavy (non-hydrogen) atoms. The number of aromatic nitrogens is 2. The molecule has 0 saturated carbocycles. The fourth-order valence-electron chi connectivity index (χ4n) is 2.16. The molecule has 0 atom stereocenters. The van der Waals surface area contributed by atoms with Crippen molar-refractivity contribution in [2.45, 2.75) is 0 Å². The lowest BCUT2D eigenvalue weighted by atomic mass is 10.1. The number of para-hydroxylation sites is 2. The molecule has 4 nitrogen and oxygen atoms in total. The zero-order chi connectivity index (χ0) is 13.2. The van der Waals surface area contributed by atoms with Gasteiger partial charge in [0.05, 0.1) is 25.3 Å². The smallest absolute Gasteiger partial charge is 0.146 e. The van der Waals surface area contributed by atoms with E-state index in [9.17, 15) is 0 Å². The largest absolute Gasteiger partial charge is 0.496 e. The van der Waals surface area contributed by atoms with Crippen LogP contribution in [0.25, 0.3) is 22.4 Å². The minimum atomic E-state index is 0.735. The minimum Gasteiger partial charge on any atom is -0.496 e. The highest BCUT2D eigenvalue weighted by Gasteiger charge is 2.15. The number of imidazole rings is 1. The quantitative estimate of drug-likeness (QED) is 0.780. The Morgan fingerprint density at radius 1 is 0.895 bits per heavy atom. The Balaban J connectivity index is 2.25. The van der Waals surface area contributed by atoms with E-state index in [1.54, 1.807) is 14.2 Å². The molecule has 0 saturated heterocycles. The standard InChI is InChI=1S/C15H14N2O2/c1-18-12-8-5-9-13(19-2)14(12)15-16-10-6-3-4-7-11(10)17-15/h3-9H,1-2H3,(H,16,17). The molecule has 0 fully saturated rings. The van der Waals surface area contributed by atoms with Crippen LogP contribution in [0.5, 0.6) is 11.5 Å². The molecule has 0 aliphatic heterocycles. The van der Waals surface area contributed by atoms with Crippen LogP contribution in [-0.4, -0.2) is 24.2 Å². The molecule has 0 aliphatic rings. The molecule has 0 radical (unpaired) electrons. The van der Waals surface area contributed by atoms with Crippen LogP contribution >= 0.6 is 0 Å². The number of hydrogen-bond donors (Lipinski definition) is 1. The molecule has 1 N–H and O–H groups in total. The summed E-state index contributed by atoms with van der Waals surface area (Å²) in [6.45, 7) is 0. The number of aromatic amines is 1. The molecular formula is C15H14N2O2. The minimum absolute atomic E-state index is 0.735. The Morgan fingerprint density at radius 2 is 1.58 bits per heavy atom. The van der Waals surface area contributed by atoms with Gasteiger partial charge in [-0.05, 0) is 24.3 Å². The van der Waals surface area contributed by atoms with Crippen molar-refractivity contribution in [1.29, 1.82) is 0 Å². The van der Waals surface area contributed by atoms with Crippen molar-refractivity contribution < 1.29 is 9.47 Å². The van der Waals surface area contributed by atoms with Crippen molar-refractivity contribution in [3.05, 3.63) is 42.5 Å². The Hall–Kier alpha value is -2.49. The van der Waals surface area contributed by atoms with E-state index in [0.29, 0.717) is 0 Å². The molecular weight excluding hydrogens is 240 g/mol. The average Bonchev–Trinajstić information content (AvgIpc) is 2.89. The SMILES string of the molecule is COc1cccc(OC)c1-c1nc2ccccc2[nH]1. The maximum Gasteiger partial charge on any atom is 0.146 e. The lowest BCUT2D eigenvalue weighted by molar-refractivity contribution is 0.397. The number of nitrogens with zero attached hydrogens (tertiary/aromatic N) is 1. The number of methoxy groups -OCH3 is 2. The van der Waals surface area contributed by atoms with Crippen molar-refractivity contribution in [2.24, 2.45) is 0 Å². The van der Waals surface area contributed by atoms with Crippen LogP contribution in [0.1, 0.15) is 0 Å².